The second kappa shape index (κ2) is 8.78. The third kappa shape index (κ3) is 5.57. The predicted octanol–water partition coefficient (Wildman–Crippen LogP) is 3.54. The number of hydrogen-bond donors (Lipinski definition) is 2. The van der Waals surface area contributed by atoms with Gasteiger partial charge in [-0.25, -0.2) is 4.98 Å². The summed E-state index contributed by atoms with van der Waals surface area (Å²) in [5, 5.41) is 5.66. The van der Waals surface area contributed by atoms with Gasteiger partial charge in [-0.15, -0.1) is 23.7 Å². The quantitative estimate of drug-likeness (QED) is 0.754. The zero-order chi connectivity index (χ0) is 16.2. The number of nitrogens with two attached hydrogens (primary N) is 1. The Bertz CT molecular complexity index is 643. The maximum absolute atomic E-state index is 12.2. The summed E-state index contributed by atoms with van der Waals surface area (Å²) in [4.78, 5) is 16.5. The van der Waals surface area contributed by atoms with Crippen molar-refractivity contribution in [3.05, 3.63) is 50.4 Å². The highest BCUT2D eigenvalue weighted by molar-refractivity contribution is 9.10. The van der Waals surface area contributed by atoms with Crippen molar-refractivity contribution in [2.45, 2.75) is 25.7 Å². The Morgan fingerprint density at radius 2 is 2.00 bits per heavy atom. The van der Waals surface area contributed by atoms with E-state index in [4.69, 9.17) is 5.73 Å². The topological polar surface area (TPSA) is 68.0 Å². The first-order valence-corrected chi connectivity index (χ1v) is 8.78. The van der Waals surface area contributed by atoms with E-state index in [9.17, 15) is 4.79 Å². The molecule has 0 atom stereocenters. The molecule has 0 aliphatic heterocycles. The van der Waals surface area contributed by atoms with Crippen molar-refractivity contribution in [1.29, 1.82) is 0 Å². The molecular formula is C16H21BrClN3OS. The first-order valence-electron chi connectivity index (χ1n) is 7.11. The molecule has 0 aliphatic carbocycles. The van der Waals surface area contributed by atoms with Gasteiger partial charge in [0.2, 0.25) is 0 Å². The maximum Gasteiger partial charge on any atom is 0.270 e. The van der Waals surface area contributed by atoms with Crippen LogP contribution in [-0.4, -0.2) is 24.0 Å². The molecule has 1 aromatic carbocycles. The van der Waals surface area contributed by atoms with Crippen LogP contribution in [0.1, 0.15) is 34.9 Å². The Hall–Kier alpha value is -0.950. The SMILES string of the molecule is CC(C)(CNC(=O)c1csc(CCN)n1)c1ccc(Br)cc1.Cl. The van der Waals surface area contributed by atoms with Gasteiger partial charge in [-0.2, -0.15) is 0 Å². The van der Waals surface area contributed by atoms with Crippen LogP contribution in [0.4, 0.5) is 0 Å². The molecule has 0 saturated carbocycles. The van der Waals surface area contributed by atoms with E-state index in [-0.39, 0.29) is 23.7 Å². The minimum Gasteiger partial charge on any atom is -0.350 e. The van der Waals surface area contributed by atoms with E-state index in [0.29, 0.717) is 25.2 Å². The van der Waals surface area contributed by atoms with E-state index >= 15 is 0 Å². The molecular weight excluding hydrogens is 398 g/mol. The summed E-state index contributed by atoms with van der Waals surface area (Å²) < 4.78 is 1.05. The van der Waals surface area contributed by atoms with Gasteiger partial charge in [0.1, 0.15) is 5.69 Å². The van der Waals surface area contributed by atoms with Gasteiger partial charge in [-0.1, -0.05) is 41.9 Å². The van der Waals surface area contributed by atoms with Crippen molar-refractivity contribution < 1.29 is 4.79 Å². The van der Waals surface area contributed by atoms with E-state index in [0.717, 1.165) is 9.48 Å². The molecule has 3 N–H and O–H groups in total. The van der Waals surface area contributed by atoms with E-state index in [1.54, 1.807) is 5.38 Å². The van der Waals surface area contributed by atoms with Crippen LogP contribution >= 0.6 is 39.7 Å². The molecule has 2 rings (SSSR count). The Kier molecular flexibility index (Phi) is 7.67. The Morgan fingerprint density at radius 3 is 2.61 bits per heavy atom. The highest BCUT2D eigenvalue weighted by atomic mass is 79.9. The van der Waals surface area contributed by atoms with Crippen LogP contribution in [0.5, 0.6) is 0 Å². The Morgan fingerprint density at radius 1 is 1.35 bits per heavy atom. The lowest BCUT2D eigenvalue weighted by molar-refractivity contribution is 0.0941. The molecule has 23 heavy (non-hydrogen) atoms. The monoisotopic (exact) mass is 417 g/mol. The molecule has 4 nitrogen and oxygen atoms in total. The van der Waals surface area contributed by atoms with Crippen LogP contribution in [0, 0.1) is 0 Å². The molecule has 0 bridgehead atoms. The lowest BCUT2D eigenvalue weighted by atomic mass is 9.84. The molecule has 0 unspecified atom stereocenters. The second-order valence-corrected chi connectivity index (χ2v) is 7.60. The number of nitrogens with one attached hydrogen (secondary N) is 1. The van der Waals surface area contributed by atoms with Crippen LogP contribution in [0.3, 0.4) is 0 Å². The number of benzene rings is 1. The third-order valence-corrected chi connectivity index (χ3v) is 4.90. The van der Waals surface area contributed by atoms with E-state index in [1.165, 1.54) is 16.9 Å². The molecule has 126 valence electrons. The van der Waals surface area contributed by atoms with Crippen molar-refractivity contribution >= 4 is 45.6 Å². The highest BCUT2D eigenvalue weighted by Crippen LogP contribution is 2.24. The second-order valence-electron chi connectivity index (χ2n) is 5.74. The number of nitrogens with zero attached hydrogens (tertiary/aromatic N) is 1. The number of aromatic nitrogens is 1. The fourth-order valence-corrected chi connectivity index (χ4v) is 3.11. The van der Waals surface area contributed by atoms with Crippen LogP contribution < -0.4 is 11.1 Å². The van der Waals surface area contributed by atoms with Crippen molar-refractivity contribution in [3.63, 3.8) is 0 Å². The zero-order valence-electron chi connectivity index (χ0n) is 13.1. The first-order chi connectivity index (χ1) is 10.4. The van der Waals surface area contributed by atoms with Crippen molar-refractivity contribution in [2.75, 3.05) is 13.1 Å². The van der Waals surface area contributed by atoms with Gasteiger partial charge < -0.3 is 11.1 Å². The van der Waals surface area contributed by atoms with Crippen LogP contribution in [0.2, 0.25) is 0 Å². The molecule has 0 radical (unpaired) electrons. The molecule has 2 aromatic rings. The minimum atomic E-state index is -0.146. The number of amides is 1. The van der Waals surface area contributed by atoms with E-state index in [2.05, 4.69) is 52.2 Å². The summed E-state index contributed by atoms with van der Waals surface area (Å²) in [6.07, 6.45) is 0.711. The van der Waals surface area contributed by atoms with Gasteiger partial charge in [-0.05, 0) is 24.2 Å². The standard InChI is InChI=1S/C16H20BrN3OS.ClH/c1-16(2,11-3-5-12(17)6-4-11)10-19-15(21)13-9-22-14(20-13)7-8-18;/h3-6,9H,7-8,10,18H2,1-2H3,(H,19,21);1H. The van der Waals surface area contributed by atoms with Crippen LogP contribution in [-0.2, 0) is 11.8 Å². The molecule has 1 heterocycles. The molecule has 0 aliphatic rings. The fraction of sp³-hybridized carbons (Fsp3) is 0.375. The number of thiazole rings is 1. The number of halogens is 2. The molecule has 0 saturated heterocycles. The normalized spacial score (nSPS) is 11.0. The number of carbonyl (C=O) groups is 1. The van der Waals surface area contributed by atoms with Crippen molar-refractivity contribution in [1.82, 2.24) is 10.3 Å². The fourth-order valence-electron chi connectivity index (χ4n) is 2.05. The average Bonchev–Trinajstić information content (AvgIpc) is 2.94. The van der Waals surface area contributed by atoms with Gasteiger partial charge >= 0.3 is 0 Å². The van der Waals surface area contributed by atoms with Gasteiger partial charge in [0.25, 0.3) is 5.91 Å². The molecule has 0 fully saturated rings. The van der Waals surface area contributed by atoms with E-state index in [1.807, 2.05) is 12.1 Å². The molecule has 1 aromatic heterocycles. The largest absolute Gasteiger partial charge is 0.350 e. The average molecular weight is 419 g/mol. The summed E-state index contributed by atoms with van der Waals surface area (Å²) >= 11 is 4.91. The third-order valence-electron chi connectivity index (χ3n) is 3.46. The summed E-state index contributed by atoms with van der Waals surface area (Å²) in [5.74, 6) is -0.135. The number of hydrogen-bond acceptors (Lipinski definition) is 4. The van der Waals surface area contributed by atoms with Gasteiger partial charge in [0, 0.05) is 28.2 Å². The smallest absolute Gasteiger partial charge is 0.270 e. The first kappa shape index (κ1) is 20.1. The maximum atomic E-state index is 12.2. The predicted molar refractivity (Wildman–Crippen MR) is 102 cm³/mol. The summed E-state index contributed by atoms with van der Waals surface area (Å²) in [5.41, 5.74) is 7.00. The van der Waals surface area contributed by atoms with Gasteiger partial charge in [-0.3, -0.25) is 4.79 Å². The van der Waals surface area contributed by atoms with Crippen LogP contribution in [0.15, 0.2) is 34.1 Å². The summed E-state index contributed by atoms with van der Waals surface area (Å²) in [7, 11) is 0. The van der Waals surface area contributed by atoms with Crippen molar-refractivity contribution in [2.24, 2.45) is 5.73 Å². The number of rotatable bonds is 6. The molecule has 0 spiro atoms. The van der Waals surface area contributed by atoms with E-state index < -0.39 is 0 Å². The van der Waals surface area contributed by atoms with Gasteiger partial charge in [0.05, 0.1) is 5.01 Å². The summed E-state index contributed by atoms with van der Waals surface area (Å²) in [6.45, 7) is 5.32. The summed E-state index contributed by atoms with van der Waals surface area (Å²) in [6, 6.07) is 8.16. The minimum absolute atomic E-state index is 0. The van der Waals surface area contributed by atoms with Crippen LogP contribution in [0.25, 0.3) is 0 Å². The molecule has 1 amide bonds. The lowest BCUT2D eigenvalue weighted by Gasteiger charge is -2.25. The van der Waals surface area contributed by atoms with Crippen molar-refractivity contribution in [3.8, 4) is 0 Å². The lowest BCUT2D eigenvalue weighted by Crippen LogP contribution is -2.36. The Labute approximate surface area is 155 Å². The number of carbonyl (C=O) groups excluding carboxylic acids is 1. The molecule has 7 heteroatoms. The van der Waals surface area contributed by atoms with Gasteiger partial charge in [0.15, 0.2) is 0 Å². The zero-order valence-corrected chi connectivity index (χ0v) is 16.4. The Balaban J connectivity index is 0.00000264. The highest BCUT2D eigenvalue weighted by Gasteiger charge is 2.22.